The number of esters is 2. The Balaban J connectivity index is 0.00000101. The summed E-state index contributed by atoms with van der Waals surface area (Å²) < 4.78 is 10.3. The van der Waals surface area contributed by atoms with Crippen LogP contribution in [-0.4, -0.2) is 53.4 Å². The minimum absolute atomic E-state index is 0.269. The van der Waals surface area contributed by atoms with E-state index in [0.717, 1.165) is 25.7 Å². The lowest BCUT2D eigenvalue weighted by atomic mass is 10.1. The molecule has 142 valence electrons. The molecule has 0 heterocycles. The summed E-state index contributed by atoms with van der Waals surface area (Å²) in [5, 5.41) is 0. The molecule has 0 amide bonds. The molecule has 4 N–H and O–H groups in total. The average Bonchev–Trinajstić information content (AvgIpc) is 2.53. The van der Waals surface area contributed by atoms with E-state index < -0.39 is 21.0 Å². The van der Waals surface area contributed by atoms with Gasteiger partial charge in [0.1, 0.15) is 0 Å². The van der Waals surface area contributed by atoms with Gasteiger partial charge >= 0.3 is 21.0 Å². The van der Waals surface area contributed by atoms with Gasteiger partial charge in [-0.05, 0) is 25.0 Å². The van der Waals surface area contributed by atoms with Crippen molar-refractivity contribution in [3.63, 3.8) is 0 Å². The lowest BCUT2D eigenvalue weighted by Gasteiger charge is -2.09. The monoisotopic (exact) mass is 374 g/mol. The third-order valence-corrected chi connectivity index (χ3v) is 2.83. The van der Waals surface area contributed by atoms with Crippen LogP contribution < -0.4 is 0 Å². The van der Waals surface area contributed by atoms with Gasteiger partial charge in [0.15, 0.2) is 0 Å². The first-order chi connectivity index (χ1) is 11.7. The van der Waals surface area contributed by atoms with Crippen molar-refractivity contribution in [1.82, 2.24) is 0 Å². The smallest absolute Gasteiger partial charge is 0.462 e. The van der Waals surface area contributed by atoms with Crippen LogP contribution in [0.3, 0.4) is 0 Å². The highest BCUT2D eigenvalue weighted by atomic mass is 28.4. The maximum Gasteiger partial charge on any atom is 0.668 e. The summed E-state index contributed by atoms with van der Waals surface area (Å²) in [4.78, 5) is 53.2. The lowest BCUT2D eigenvalue weighted by molar-refractivity contribution is 0.0452. The lowest BCUT2D eigenvalue weighted by Crippen LogP contribution is -2.33. The predicted molar refractivity (Wildman–Crippen MR) is 91.5 cm³/mol. The van der Waals surface area contributed by atoms with Crippen LogP contribution in [0.2, 0.25) is 0 Å². The van der Waals surface area contributed by atoms with Gasteiger partial charge in [-0.3, -0.25) is 0 Å². The van der Waals surface area contributed by atoms with Crippen molar-refractivity contribution in [1.29, 1.82) is 0 Å². The van der Waals surface area contributed by atoms with Crippen LogP contribution in [0.1, 0.15) is 60.2 Å². The second-order valence-corrected chi connectivity index (χ2v) is 6.32. The molecule has 0 fully saturated rings. The van der Waals surface area contributed by atoms with Crippen molar-refractivity contribution in [3.8, 4) is 0 Å². The minimum Gasteiger partial charge on any atom is -0.462 e. The third-order valence-electron chi connectivity index (χ3n) is 2.83. The molecule has 1 aromatic rings. The standard InChI is InChI=1S/C16H22O4.H4O4Si/c1-3-5-11-19-15(17)13-9-7-8-10-14(13)16(18)20-12-6-4-2;1-5(2,3)4/h7-10H,3-6,11-12H2,1-2H3;1-4H. The average molecular weight is 374 g/mol. The Bertz CT molecular complexity index is 480. The summed E-state index contributed by atoms with van der Waals surface area (Å²) in [6.07, 6.45) is 3.53. The van der Waals surface area contributed by atoms with Crippen LogP contribution in [0.15, 0.2) is 24.3 Å². The van der Waals surface area contributed by atoms with E-state index in [1.807, 2.05) is 13.8 Å². The molecule has 0 saturated carbocycles. The second-order valence-electron chi connectivity index (χ2n) is 5.12. The van der Waals surface area contributed by atoms with E-state index in [4.69, 9.17) is 28.7 Å². The summed E-state index contributed by atoms with van der Waals surface area (Å²) in [7, 11) is -4.61. The van der Waals surface area contributed by atoms with Crippen molar-refractivity contribution in [3.05, 3.63) is 35.4 Å². The highest BCUT2D eigenvalue weighted by Gasteiger charge is 2.22. The first-order valence-electron chi connectivity index (χ1n) is 8.03. The number of unbranched alkanes of at least 4 members (excludes halogenated alkanes) is 2. The Morgan fingerprint density at radius 2 is 1.16 bits per heavy atom. The highest BCUT2D eigenvalue weighted by molar-refractivity contribution is 6.46. The zero-order chi connectivity index (χ0) is 19.3. The third kappa shape index (κ3) is 12.3. The highest BCUT2D eigenvalue weighted by Crippen LogP contribution is 2.12. The summed E-state index contributed by atoms with van der Waals surface area (Å²) in [6, 6.07) is 6.59. The van der Waals surface area contributed by atoms with Crippen molar-refractivity contribution >= 4 is 21.0 Å². The maximum atomic E-state index is 11.9. The maximum absolute atomic E-state index is 11.9. The van der Waals surface area contributed by atoms with Gasteiger partial charge in [0.2, 0.25) is 0 Å². The molecule has 9 heteroatoms. The Kier molecular flexibility index (Phi) is 11.7. The summed E-state index contributed by atoms with van der Waals surface area (Å²) in [5.74, 6) is -0.942. The molecule has 0 aliphatic carbocycles. The molecule has 8 nitrogen and oxygen atoms in total. The number of ether oxygens (including phenoxy) is 2. The molecule has 0 bridgehead atoms. The summed E-state index contributed by atoms with van der Waals surface area (Å²) >= 11 is 0. The van der Waals surface area contributed by atoms with Gasteiger partial charge < -0.3 is 28.7 Å². The number of hydrogen-bond acceptors (Lipinski definition) is 8. The van der Waals surface area contributed by atoms with Crippen LogP contribution in [0.25, 0.3) is 0 Å². The fourth-order valence-electron chi connectivity index (χ4n) is 1.61. The minimum atomic E-state index is -4.61. The van der Waals surface area contributed by atoms with E-state index in [2.05, 4.69) is 0 Å². The molecule has 0 aliphatic rings. The van der Waals surface area contributed by atoms with E-state index in [1.165, 1.54) is 0 Å². The number of benzene rings is 1. The molecule has 0 aliphatic heterocycles. The first kappa shape index (κ1) is 23.2. The molecule has 1 rings (SSSR count). The summed E-state index contributed by atoms with van der Waals surface area (Å²) in [6.45, 7) is 4.78. The van der Waals surface area contributed by atoms with E-state index >= 15 is 0 Å². The van der Waals surface area contributed by atoms with Crippen LogP contribution >= 0.6 is 0 Å². The molecule has 25 heavy (non-hydrogen) atoms. The Labute approximate surface area is 148 Å². The summed E-state index contributed by atoms with van der Waals surface area (Å²) in [5.41, 5.74) is 0.537. The fraction of sp³-hybridized carbons (Fsp3) is 0.500. The van der Waals surface area contributed by atoms with Crippen molar-refractivity contribution < 1.29 is 38.2 Å². The van der Waals surface area contributed by atoms with Crippen molar-refractivity contribution in [2.75, 3.05) is 13.2 Å². The molecule has 0 atom stereocenters. The molecule has 1 aromatic carbocycles. The van der Waals surface area contributed by atoms with E-state index in [1.54, 1.807) is 24.3 Å². The molecule has 0 radical (unpaired) electrons. The quantitative estimate of drug-likeness (QED) is 0.301. The first-order valence-corrected chi connectivity index (χ1v) is 9.82. The van der Waals surface area contributed by atoms with E-state index in [9.17, 15) is 9.59 Å². The molecule has 0 aromatic heterocycles. The molecular weight excluding hydrogens is 348 g/mol. The van der Waals surface area contributed by atoms with Crippen LogP contribution in [-0.2, 0) is 9.47 Å². The van der Waals surface area contributed by atoms with Gasteiger partial charge in [-0.2, -0.15) is 0 Å². The van der Waals surface area contributed by atoms with Gasteiger partial charge in [0.25, 0.3) is 0 Å². The zero-order valence-corrected chi connectivity index (χ0v) is 15.5. The Morgan fingerprint density at radius 3 is 1.44 bits per heavy atom. The SMILES string of the molecule is CCCCOC(=O)c1ccccc1C(=O)OCCCC.O[Si](O)(O)O. The molecule has 0 spiro atoms. The Hall–Kier alpha value is -1.78. The number of rotatable bonds is 8. The largest absolute Gasteiger partial charge is 0.668 e. The predicted octanol–water partition coefficient (Wildman–Crippen LogP) is 0.992. The number of carbonyl (C=O) groups is 2. The Morgan fingerprint density at radius 1 is 0.840 bits per heavy atom. The van der Waals surface area contributed by atoms with E-state index in [0.29, 0.717) is 13.2 Å². The zero-order valence-electron chi connectivity index (χ0n) is 14.5. The number of hydrogen-bond donors (Lipinski definition) is 4. The van der Waals surface area contributed by atoms with Gasteiger partial charge in [-0.25, -0.2) is 9.59 Å². The van der Waals surface area contributed by atoms with Gasteiger partial charge in [0, 0.05) is 0 Å². The van der Waals surface area contributed by atoms with Crippen LogP contribution in [0.5, 0.6) is 0 Å². The molecular formula is C16H26O8Si. The van der Waals surface area contributed by atoms with Crippen LogP contribution in [0, 0.1) is 0 Å². The van der Waals surface area contributed by atoms with E-state index in [-0.39, 0.29) is 11.1 Å². The molecule has 0 unspecified atom stereocenters. The molecule has 0 saturated heterocycles. The van der Waals surface area contributed by atoms with Crippen molar-refractivity contribution in [2.45, 2.75) is 39.5 Å². The van der Waals surface area contributed by atoms with Crippen molar-refractivity contribution in [2.24, 2.45) is 0 Å². The second kappa shape index (κ2) is 12.6. The van der Waals surface area contributed by atoms with Gasteiger partial charge in [0.05, 0.1) is 24.3 Å². The topological polar surface area (TPSA) is 134 Å². The van der Waals surface area contributed by atoms with Crippen LogP contribution in [0.4, 0.5) is 0 Å². The fourth-order valence-corrected chi connectivity index (χ4v) is 1.61. The normalized spacial score (nSPS) is 10.5. The van der Waals surface area contributed by atoms with Gasteiger partial charge in [-0.1, -0.05) is 38.8 Å². The number of carbonyl (C=O) groups excluding carboxylic acids is 2. The van der Waals surface area contributed by atoms with Gasteiger partial charge in [-0.15, -0.1) is 0 Å².